The number of aliphatic hydroxyl groups excluding tert-OH is 1. The van der Waals surface area contributed by atoms with E-state index in [1.165, 1.54) is 6.07 Å². The van der Waals surface area contributed by atoms with Crippen LogP contribution in [0.2, 0.25) is 0 Å². The van der Waals surface area contributed by atoms with Gasteiger partial charge >= 0.3 is 0 Å². The maximum atomic E-state index is 14.3. The Balaban J connectivity index is 1.93. The lowest BCUT2D eigenvalue weighted by molar-refractivity contribution is 0.214. The lowest BCUT2D eigenvalue weighted by Gasteiger charge is -2.15. The molecular weight excluding hydrogens is 385 g/mol. The van der Waals surface area contributed by atoms with E-state index in [0.717, 1.165) is 24.0 Å². The molecule has 5 heteroatoms. The molecule has 134 valence electrons. The van der Waals surface area contributed by atoms with Crippen LogP contribution in [0.3, 0.4) is 0 Å². The molecular formula is C20H23BrFNO2. The Labute approximate surface area is 156 Å². The number of likely N-dealkylation sites (N-methyl/N-ethyl adjacent to an activating group) is 1. The SMILES string of the molecule is C=CCN(C)CCCOc1ccc(C(O)c2ccc(Br)cc2)c(F)c1. The fourth-order valence-electron chi connectivity index (χ4n) is 2.48. The van der Waals surface area contributed by atoms with Crippen molar-refractivity contribution in [3.8, 4) is 5.75 Å². The molecule has 0 radical (unpaired) electrons. The normalized spacial score (nSPS) is 12.2. The molecule has 0 aliphatic rings. The molecule has 0 heterocycles. The minimum absolute atomic E-state index is 0.236. The summed E-state index contributed by atoms with van der Waals surface area (Å²) < 4.78 is 20.8. The number of nitrogens with zero attached hydrogens (tertiary/aromatic N) is 1. The first-order chi connectivity index (χ1) is 12.0. The zero-order chi connectivity index (χ0) is 18.2. The summed E-state index contributed by atoms with van der Waals surface area (Å²) >= 11 is 3.34. The smallest absolute Gasteiger partial charge is 0.133 e. The molecule has 2 rings (SSSR count). The summed E-state index contributed by atoms with van der Waals surface area (Å²) in [5.41, 5.74) is 0.876. The Kier molecular flexibility index (Phi) is 7.62. The fourth-order valence-corrected chi connectivity index (χ4v) is 2.74. The van der Waals surface area contributed by atoms with E-state index < -0.39 is 11.9 Å². The molecule has 0 saturated heterocycles. The van der Waals surface area contributed by atoms with Crippen LogP contribution in [-0.4, -0.2) is 36.8 Å². The quantitative estimate of drug-likeness (QED) is 0.488. The third kappa shape index (κ3) is 5.96. The number of hydrogen-bond donors (Lipinski definition) is 1. The van der Waals surface area contributed by atoms with Gasteiger partial charge in [-0.1, -0.05) is 34.1 Å². The van der Waals surface area contributed by atoms with Gasteiger partial charge in [-0.3, -0.25) is 0 Å². The molecule has 0 aliphatic carbocycles. The highest BCUT2D eigenvalue weighted by molar-refractivity contribution is 9.10. The highest BCUT2D eigenvalue weighted by Gasteiger charge is 2.15. The van der Waals surface area contributed by atoms with Crippen LogP contribution in [0.5, 0.6) is 5.75 Å². The molecule has 0 aliphatic heterocycles. The molecule has 2 aromatic carbocycles. The van der Waals surface area contributed by atoms with Crippen LogP contribution < -0.4 is 4.74 Å². The van der Waals surface area contributed by atoms with Gasteiger partial charge in [0.2, 0.25) is 0 Å². The summed E-state index contributed by atoms with van der Waals surface area (Å²) in [5.74, 6) is -0.00711. The molecule has 0 saturated carbocycles. The summed E-state index contributed by atoms with van der Waals surface area (Å²) in [4.78, 5) is 2.13. The molecule has 1 N–H and O–H groups in total. The molecule has 3 nitrogen and oxygen atoms in total. The summed E-state index contributed by atoms with van der Waals surface area (Å²) in [6.45, 7) is 5.92. The molecule has 0 amide bonds. The molecule has 2 aromatic rings. The minimum atomic E-state index is -1.00. The van der Waals surface area contributed by atoms with Gasteiger partial charge in [-0.2, -0.15) is 0 Å². The first kappa shape index (κ1) is 19.6. The van der Waals surface area contributed by atoms with Crippen molar-refractivity contribution in [2.45, 2.75) is 12.5 Å². The van der Waals surface area contributed by atoms with Crippen molar-refractivity contribution >= 4 is 15.9 Å². The average Bonchev–Trinajstić information content (AvgIpc) is 2.59. The van der Waals surface area contributed by atoms with Gasteiger partial charge in [0.1, 0.15) is 17.7 Å². The summed E-state index contributed by atoms with van der Waals surface area (Å²) in [7, 11) is 2.01. The lowest BCUT2D eigenvalue weighted by atomic mass is 10.0. The van der Waals surface area contributed by atoms with Crippen LogP contribution >= 0.6 is 15.9 Å². The Morgan fingerprint density at radius 1 is 1.28 bits per heavy atom. The van der Waals surface area contributed by atoms with Crippen LogP contribution in [0.25, 0.3) is 0 Å². The van der Waals surface area contributed by atoms with Crippen LogP contribution in [-0.2, 0) is 0 Å². The van der Waals surface area contributed by atoms with Crippen molar-refractivity contribution in [1.82, 2.24) is 4.90 Å². The second-order valence-corrected chi connectivity index (χ2v) is 6.81. The van der Waals surface area contributed by atoms with Crippen molar-refractivity contribution in [2.75, 3.05) is 26.7 Å². The van der Waals surface area contributed by atoms with Gasteiger partial charge in [-0.05, 0) is 43.3 Å². The fraction of sp³-hybridized carbons (Fsp3) is 0.300. The first-order valence-corrected chi connectivity index (χ1v) is 8.95. The predicted molar refractivity (Wildman–Crippen MR) is 102 cm³/mol. The Hall–Kier alpha value is -1.69. The molecule has 0 spiro atoms. The zero-order valence-corrected chi connectivity index (χ0v) is 15.9. The number of benzene rings is 2. The number of aliphatic hydroxyl groups is 1. The van der Waals surface area contributed by atoms with Gasteiger partial charge < -0.3 is 14.7 Å². The van der Waals surface area contributed by atoms with Crippen LogP contribution in [0.1, 0.15) is 23.7 Å². The standard InChI is InChI=1S/C20H23BrFNO2/c1-3-11-23(2)12-4-13-25-17-9-10-18(19(22)14-17)20(24)15-5-7-16(21)8-6-15/h3,5-10,14,20,24H,1,4,11-13H2,2H3. The van der Waals surface area contributed by atoms with E-state index in [4.69, 9.17) is 4.74 Å². The van der Waals surface area contributed by atoms with E-state index in [1.54, 1.807) is 24.3 Å². The minimum Gasteiger partial charge on any atom is -0.493 e. The Morgan fingerprint density at radius 3 is 2.64 bits per heavy atom. The average molecular weight is 408 g/mol. The largest absolute Gasteiger partial charge is 0.493 e. The van der Waals surface area contributed by atoms with E-state index in [-0.39, 0.29) is 5.56 Å². The lowest BCUT2D eigenvalue weighted by Crippen LogP contribution is -2.21. The summed E-state index contributed by atoms with van der Waals surface area (Å²) in [6, 6.07) is 11.7. The zero-order valence-electron chi connectivity index (χ0n) is 14.3. The first-order valence-electron chi connectivity index (χ1n) is 8.16. The highest BCUT2D eigenvalue weighted by Crippen LogP contribution is 2.27. The molecule has 25 heavy (non-hydrogen) atoms. The summed E-state index contributed by atoms with van der Waals surface area (Å²) in [6.07, 6.45) is 1.69. The molecule has 0 aromatic heterocycles. The Bertz CT molecular complexity index is 691. The molecule has 0 fully saturated rings. The van der Waals surface area contributed by atoms with E-state index in [2.05, 4.69) is 27.4 Å². The highest BCUT2D eigenvalue weighted by atomic mass is 79.9. The number of rotatable bonds is 9. The molecule has 1 atom stereocenters. The van der Waals surface area contributed by atoms with Gasteiger partial charge in [0.25, 0.3) is 0 Å². The molecule has 0 bridgehead atoms. The predicted octanol–water partition coefficient (Wildman–Crippen LogP) is 4.56. The van der Waals surface area contributed by atoms with E-state index in [9.17, 15) is 9.50 Å². The van der Waals surface area contributed by atoms with Gasteiger partial charge in [-0.25, -0.2) is 4.39 Å². The topological polar surface area (TPSA) is 32.7 Å². The second-order valence-electron chi connectivity index (χ2n) is 5.89. The van der Waals surface area contributed by atoms with Gasteiger partial charge in [-0.15, -0.1) is 6.58 Å². The number of hydrogen-bond acceptors (Lipinski definition) is 3. The second kappa shape index (κ2) is 9.70. The van der Waals surface area contributed by atoms with Crippen molar-refractivity contribution in [3.05, 3.63) is 76.5 Å². The third-order valence-electron chi connectivity index (χ3n) is 3.85. The van der Waals surface area contributed by atoms with Crippen LogP contribution in [0, 0.1) is 5.82 Å². The van der Waals surface area contributed by atoms with E-state index in [0.29, 0.717) is 17.9 Å². The van der Waals surface area contributed by atoms with Crippen LogP contribution in [0.15, 0.2) is 59.6 Å². The number of halogens is 2. The number of ether oxygens (including phenoxy) is 1. The van der Waals surface area contributed by atoms with Crippen molar-refractivity contribution in [1.29, 1.82) is 0 Å². The monoisotopic (exact) mass is 407 g/mol. The van der Waals surface area contributed by atoms with Crippen molar-refractivity contribution < 1.29 is 14.2 Å². The third-order valence-corrected chi connectivity index (χ3v) is 4.37. The molecule has 1 unspecified atom stereocenters. The summed E-state index contributed by atoms with van der Waals surface area (Å²) in [5, 5.41) is 10.4. The van der Waals surface area contributed by atoms with Gasteiger partial charge in [0.15, 0.2) is 0 Å². The van der Waals surface area contributed by atoms with Gasteiger partial charge in [0.05, 0.1) is 6.61 Å². The van der Waals surface area contributed by atoms with Crippen molar-refractivity contribution in [2.24, 2.45) is 0 Å². The van der Waals surface area contributed by atoms with Crippen LogP contribution in [0.4, 0.5) is 4.39 Å². The maximum absolute atomic E-state index is 14.3. The van der Waals surface area contributed by atoms with E-state index >= 15 is 0 Å². The van der Waals surface area contributed by atoms with E-state index in [1.807, 2.05) is 25.3 Å². The Morgan fingerprint density at radius 2 is 2.00 bits per heavy atom. The van der Waals surface area contributed by atoms with Gasteiger partial charge in [0, 0.05) is 29.2 Å². The van der Waals surface area contributed by atoms with Crippen molar-refractivity contribution in [3.63, 3.8) is 0 Å². The maximum Gasteiger partial charge on any atom is 0.133 e.